The Balaban J connectivity index is 2.19. The van der Waals surface area contributed by atoms with Gasteiger partial charge in [0.2, 0.25) is 10.0 Å². The van der Waals surface area contributed by atoms with Gasteiger partial charge in [-0.2, -0.15) is 0 Å². The van der Waals surface area contributed by atoms with E-state index in [1.54, 1.807) is 18.2 Å². The summed E-state index contributed by atoms with van der Waals surface area (Å²) >= 11 is 0. The summed E-state index contributed by atoms with van der Waals surface area (Å²) in [5, 5.41) is 3.21. The molecule has 1 atom stereocenters. The third-order valence-corrected chi connectivity index (χ3v) is 4.66. The van der Waals surface area contributed by atoms with Crippen molar-refractivity contribution < 1.29 is 8.42 Å². The van der Waals surface area contributed by atoms with Gasteiger partial charge in [0.1, 0.15) is 4.90 Å². The maximum Gasteiger partial charge on any atom is 0.242 e. The highest BCUT2D eigenvalue weighted by Crippen LogP contribution is 2.26. The average molecular weight is 283 g/mol. The van der Waals surface area contributed by atoms with Crippen molar-refractivity contribution in [3.63, 3.8) is 0 Å². The van der Waals surface area contributed by atoms with Crippen LogP contribution in [0.15, 0.2) is 29.2 Å². The van der Waals surface area contributed by atoms with Gasteiger partial charge in [0.25, 0.3) is 0 Å². The van der Waals surface area contributed by atoms with Crippen molar-refractivity contribution in [3.05, 3.63) is 24.3 Å². The van der Waals surface area contributed by atoms with Gasteiger partial charge in [0.15, 0.2) is 0 Å². The summed E-state index contributed by atoms with van der Waals surface area (Å²) in [6.45, 7) is 2.56. The standard InChI is InChI=1S/C13H21N3O2S/c1-10(8-9-14)15-12-4-2-3-5-13(12)19(17,18)16-11-6-7-11/h2-5,10-11,15-16H,6-9,14H2,1H3. The summed E-state index contributed by atoms with van der Waals surface area (Å²) in [7, 11) is -3.43. The minimum absolute atomic E-state index is 0.111. The van der Waals surface area contributed by atoms with E-state index < -0.39 is 10.0 Å². The van der Waals surface area contributed by atoms with E-state index in [-0.39, 0.29) is 12.1 Å². The fourth-order valence-corrected chi connectivity index (χ4v) is 3.37. The van der Waals surface area contributed by atoms with Crippen LogP contribution in [-0.4, -0.2) is 27.0 Å². The molecule has 0 spiro atoms. The number of nitrogens with two attached hydrogens (primary N) is 1. The van der Waals surface area contributed by atoms with E-state index in [1.807, 2.05) is 13.0 Å². The second-order valence-electron chi connectivity index (χ2n) is 5.01. The van der Waals surface area contributed by atoms with E-state index >= 15 is 0 Å². The first kappa shape index (κ1) is 14.3. The molecule has 1 fully saturated rings. The molecule has 1 saturated carbocycles. The van der Waals surface area contributed by atoms with Crippen LogP contribution >= 0.6 is 0 Å². The van der Waals surface area contributed by atoms with Gasteiger partial charge in [-0.15, -0.1) is 0 Å². The topological polar surface area (TPSA) is 84.2 Å². The first-order valence-corrected chi connectivity index (χ1v) is 8.09. The molecule has 1 aromatic carbocycles. The zero-order chi connectivity index (χ0) is 13.9. The Hall–Kier alpha value is -1.11. The number of para-hydroxylation sites is 1. The van der Waals surface area contributed by atoms with E-state index in [2.05, 4.69) is 10.0 Å². The van der Waals surface area contributed by atoms with Gasteiger partial charge < -0.3 is 11.1 Å². The third kappa shape index (κ3) is 3.92. The minimum atomic E-state index is -3.43. The predicted molar refractivity (Wildman–Crippen MR) is 76.5 cm³/mol. The molecule has 1 aromatic rings. The lowest BCUT2D eigenvalue weighted by molar-refractivity contribution is 0.581. The normalized spacial score (nSPS) is 17.2. The van der Waals surface area contributed by atoms with Crippen LogP contribution in [0, 0.1) is 0 Å². The Bertz CT molecular complexity index is 526. The Kier molecular flexibility index (Phi) is 4.44. The molecule has 1 aliphatic rings. The highest BCUT2D eigenvalue weighted by atomic mass is 32.2. The smallest absolute Gasteiger partial charge is 0.242 e. The Labute approximate surface area is 114 Å². The second-order valence-corrected chi connectivity index (χ2v) is 6.70. The molecular formula is C13H21N3O2S. The van der Waals surface area contributed by atoms with E-state index in [1.165, 1.54) is 0 Å². The summed E-state index contributed by atoms with van der Waals surface area (Å²) in [6, 6.07) is 7.23. The van der Waals surface area contributed by atoms with E-state index in [0.29, 0.717) is 17.1 Å². The van der Waals surface area contributed by atoms with E-state index in [0.717, 1.165) is 19.3 Å². The van der Waals surface area contributed by atoms with Crippen molar-refractivity contribution in [2.24, 2.45) is 5.73 Å². The molecule has 0 radical (unpaired) electrons. The maximum absolute atomic E-state index is 12.3. The van der Waals surface area contributed by atoms with Gasteiger partial charge in [0, 0.05) is 12.1 Å². The van der Waals surface area contributed by atoms with Crippen molar-refractivity contribution in [2.75, 3.05) is 11.9 Å². The van der Waals surface area contributed by atoms with Gasteiger partial charge in [-0.05, 0) is 44.9 Å². The van der Waals surface area contributed by atoms with Crippen LogP contribution in [0.25, 0.3) is 0 Å². The molecule has 6 heteroatoms. The van der Waals surface area contributed by atoms with Gasteiger partial charge in [0.05, 0.1) is 5.69 Å². The van der Waals surface area contributed by atoms with Crippen LogP contribution in [0.4, 0.5) is 5.69 Å². The molecule has 0 bridgehead atoms. The Morgan fingerprint density at radius 3 is 2.68 bits per heavy atom. The van der Waals surface area contributed by atoms with Crippen molar-refractivity contribution >= 4 is 15.7 Å². The lowest BCUT2D eigenvalue weighted by atomic mass is 10.2. The van der Waals surface area contributed by atoms with Crippen molar-refractivity contribution in [1.82, 2.24) is 4.72 Å². The molecule has 0 heterocycles. The van der Waals surface area contributed by atoms with Crippen LogP contribution < -0.4 is 15.8 Å². The Morgan fingerprint density at radius 1 is 1.37 bits per heavy atom. The molecular weight excluding hydrogens is 262 g/mol. The molecule has 0 saturated heterocycles. The minimum Gasteiger partial charge on any atom is -0.381 e. The molecule has 4 N–H and O–H groups in total. The number of benzene rings is 1. The number of hydrogen-bond acceptors (Lipinski definition) is 4. The zero-order valence-corrected chi connectivity index (χ0v) is 11.9. The number of rotatable bonds is 7. The molecule has 5 nitrogen and oxygen atoms in total. The summed E-state index contributed by atoms with van der Waals surface area (Å²) in [5.74, 6) is 0. The molecule has 19 heavy (non-hydrogen) atoms. The first-order chi connectivity index (χ1) is 9.03. The number of hydrogen-bond donors (Lipinski definition) is 3. The summed E-state index contributed by atoms with van der Waals surface area (Å²) in [6.07, 6.45) is 2.65. The first-order valence-electron chi connectivity index (χ1n) is 6.61. The molecule has 1 aliphatic carbocycles. The molecule has 2 rings (SSSR count). The zero-order valence-electron chi connectivity index (χ0n) is 11.1. The number of nitrogens with one attached hydrogen (secondary N) is 2. The fourth-order valence-electron chi connectivity index (χ4n) is 1.89. The van der Waals surface area contributed by atoms with E-state index in [4.69, 9.17) is 5.73 Å². The van der Waals surface area contributed by atoms with Crippen LogP contribution in [0.3, 0.4) is 0 Å². The SMILES string of the molecule is CC(CCN)Nc1ccccc1S(=O)(=O)NC1CC1. The molecule has 0 aliphatic heterocycles. The highest BCUT2D eigenvalue weighted by Gasteiger charge is 2.29. The van der Waals surface area contributed by atoms with Gasteiger partial charge in [-0.25, -0.2) is 13.1 Å². The average Bonchev–Trinajstić information content (AvgIpc) is 3.13. The molecule has 0 aromatic heterocycles. The van der Waals surface area contributed by atoms with Crippen LogP contribution in [0.1, 0.15) is 26.2 Å². The lowest BCUT2D eigenvalue weighted by Crippen LogP contribution is -2.27. The second kappa shape index (κ2) is 5.90. The van der Waals surface area contributed by atoms with E-state index in [9.17, 15) is 8.42 Å². The lowest BCUT2D eigenvalue weighted by Gasteiger charge is -2.17. The van der Waals surface area contributed by atoms with Crippen molar-refractivity contribution in [1.29, 1.82) is 0 Å². The number of anilines is 1. The molecule has 106 valence electrons. The van der Waals surface area contributed by atoms with Gasteiger partial charge in [-0.3, -0.25) is 0 Å². The fraction of sp³-hybridized carbons (Fsp3) is 0.538. The summed E-state index contributed by atoms with van der Waals surface area (Å²) in [5.41, 5.74) is 6.15. The highest BCUT2D eigenvalue weighted by molar-refractivity contribution is 7.89. The Morgan fingerprint density at radius 2 is 2.05 bits per heavy atom. The monoisotopic (exact) mass is 283 g/mol. The third-order valence-electron chi connectivity index (χ3n) is 3.08. The van der Waals surface area contributed by atoms with Crippen LogP contribution in [0.2, 0.25) is 0 Å². The largest absolute Gasteiger partial charge is 0.381 e. The maximum atomic E-state index is 12.3. The van der Waals surface area contributed by atoms with Crippen LogP contribution in [0.5, 0.6) is 0 Å². The van der Waals surface area contributed by atoms with Gasteiger partial charge in [-0.1, -0.05) is 12.1 Å². The quantitative estimate of drug-likeness (QED) is 0.704. The van der Waals surface area contributed by atoms with Crippen LogP contribution in [-0.2, 0) is 10.0 Å². The molecule has 1 unspecified atom stereocenters. The van der Waals surface area contributed by atoms with Crippen molar-refractivity contribution in [2.45, 2.75) is 43.2 Å². The molecule has 0 amide bonds. The van der Waals surface area contributed by atoms with Crippen molar-refractivity contribution in [3.8, 4) is 0 Å². The summed E-state index contributed by atoms with van der Waals surface area (Å²) < 4.78 is 27.2. The predicted octanol–water partition coefficient (Wildman–Crippen LogP) is 1.28. The summed E-state index contributed by atoms with van der Waals surface area (Å²) in [4.78, 5) is 0.311. The van der Waals surface area contributed by atoms with Gasteiger partial charge >= 0.3 is 0 Å². The number of sulfonamides is 1.